The van der Waals surface area contributed by atoms with E-state index in [0.717, 1.165) is 17.9 Å². The molecule has 0 saturated carbocycles. The van der Waals surface area contributed by atoms with Gasteiger partial charge >= 0.3 is 5.97 Å². The predicted octanol–water partition coefficient (Wildman–Crippen LogP) is 1.37. The second-order valence-corrected chi connectivity index (χ2v) is 7.17. The maximum absolute atomic E-state index is 12.2. The van der Waals surface area contributed by atoms with Crippen LogP contribution < -0.4 is 5.32 Å². The molecule has 0 aliphatic carbocycles. The summed E-state index contributed by atoms with van der Waals surface area (Å²) in [5.74, 6) is 0.310. The normalized spacial score (nSPS) is 25.2. The van der Waals surface area contributed by atoms with Gasteiger partial charge in [-0.3, -0.25) is 9.59 Å². The van der Waals surface area contributed by atoms with Crippen LogP contribution in [0.3, 0.4) is 0 Å². The highest BCUT2D eigenvalue weighted by Gasteiger charge is 2.35. The fourth-order valence-corrected chi connectivity index (χ4v) is 4.71. The fraction of sp³-hybridized carbons (Fsp3) is 0.538. The standard InChI is InChI=1S/C13H15NO4S2/c15-12(14-9-5-18-4-8(9)13(16)17)11-3-7-6-19-2-1-10(7)20-11/h3,8-9H,1-2,4-6H2,(H,14,15)(H,16,17). The second-order valence-electron chi connectivity index (χ2n) is 4.92. The number of aliphatic carboxylic acids is 1. The Bertz CT molecular complexity index is 519. The van der Waals surface area contributed by atoms with Gasteiger partial charge in [0.2, 0.25) is 0 Å². The van der Waals surface area contributed by atoms with Crippen LogP contribution >= 0.6 is 23.1 Å². The molecule has 1 fully saturated rings. The van der Waals surface area contributed by atoms with Crippen molar-refractivity contribution < 1.29 is 19.4 Å². The largest absolute Gasteiger partial charge is 0.481 e. The van der Waals surface area contributed by atoms with E-state index in [1.54, 1.807) is 0 Å². The van der Waals surface area contributed by atoms with Crippen molar-refractivity contribution in [2.45, 2.75) is 18.2 Å². The van der Waals surface area contributed by atoms with Crippen LogP contribution in [0.2, 0.25) is 0 Å². The highest BCUT2D eigenvalue weighted by molar-refractivity contribution is 7.98. The number of carboxylic acids is 1. The molecule has 5 nitrogen and oxygen atoms in total. The van der Waals surface area contributed by atoms with Crippen LogP contribution in [0.4, 0.5) is 0 Å². The average molecular weight is 313 g/mol. The molecule has 2 aliphatic rings. The third kappa shape index (κ3) is 2.70. The maximum atomic E-state index is 12.2. The lowest BCUT2D eigenvalue weighted by atomic mass is 10.0. The van der Waals surface area contributed by atoms with Gasteiger partial charge in [-0.15, -0.1) is 11.3 Å². The molecule has 1 amide bonds. The Morgan fingerprint density at radius 3 is 3.00 bits per heavy atom. The first kappa shape index (κ1) is 13.9. The van der Waals surface area contributed by atoms with E-state index in [0.29, 0.717) is 4.88 Å². The maximum Gasteiger partial charge on any atom is 0.311 e. The Morgan fingerprint density at radius 2 is 2.25 bits per heavy atom. The van der Waals surface area contributed by atoms with Crippen molar-refractivity contribution in [2.75, 3.05) is 19.0 Å². The Balaban J connectivity index is 1.70. The molecular weight excluding hydrogens is 298 g/mol. The Morgan fingerprint density at radius 1 is 1.40 bits per heavy atom. The predicted molar refractivity (Wildman–Crippen MR) is 77.4 cm³/mol. The van der Waals surface area contributed by atoms with E-state index < -0.39 is 17.9 Å². The van der Waals surface area contributed by atoms with E-state index in [-0.39, 0.29) is 19.1 Å². The van der Waals surface area contributed by atoms with Gasteiger partial charge in [-0.05, 0) is 23.8 Å². The van der Waals surface area contributed by atoms with Crippen LogP contribution in [-0.2, 0) is 21.7 Å². The summed E-state index contributed by atoms with van der Waals surface area (Å²) in [4.78, 5) is 25.2. The summed E-state index contributed by atoms with van der Waals surface area (Å²) in [5, 5.41) is 11.9. The molecule has 3 rings (SSSR count). The van der Waals surface area contributed by atoms with Gasteiger partial charge in [0.25, 0.3) is 5.91 Å². The molecule has 20 heavy (non-hydrogen) atoms. The minimum absolute atomic E-state index is 0.165. The summed E-state index contributed by atoms with van der Waals surface area (Å²) in [6, 6.07) is 1.50. The number of ether oxygens (including phenoxy) is 1. The molecule has 0 bridgehead atoms. The Hall–Kier alpha value is -1.05. The van der Waals surface area contributed by atoms with Crippen molar-refractivity contribution in [1.29, 1.82) is 0 Å². The van der Waals surface area contributed by atoms with E-state index in [1.165, 1.54) is 21.8 Å². The van der Waals surface area contributed by atoms with Crippen LogP contribution in [0.5, 0.6) is 0 Å². The summed E-state index contributed by atoms with van der Waals surface area (Å²) < 4.78 is 5.15. The number of fused-ring (bicyclic) bond motifs is 1. The van der Waals surface area contributed by atoms with Crippen LogP contribution in [0, 0.1) is 5.92 Å². The number of thioether (sulfide) groups is 1. The lowest BCUT2D eigenvalue weighted by Crippen LogP contribution is -2.42. The number of aryl methyl sites for hydroxylation is 1. The van der Waals surface area contributed by atoms with Gasteiger partial charge in [0.05, 0.1) is 24.1 Å². The van der Waals surface area contributed by atoms with Crippen molar-refractivity contribution in [3.05, 3.63) is 21.4 Å². The Labute approximate surface area is 124 Å². The highest BCUT2D eigenvalue weighted by atomic mass is 32.2. The Kier molecular flexibility index (Phi) is 4.00. The third-order valence-electron chi connectivity index (χ3n) is 3.57. The third-order valence-corrected chi connectivity index (χ3v) is 5.81. The monoisotopic (exact) mass is 313 g/mol. The number of carbonyl (C=O) groups excluding carboxylic acids is 1. The summed E-state index contributed by atoms with van der Waals surface area (Å²) in [7, 11) is 0. The van der Waals surface area contributed by atoms with Gasteiger partial charge in [-0.25, -0.2) is 0 Å². The number of amides is 1. The lowest BCUT2D eigenvalue weighted by molar-refractivity contribution is -0.142. The minimum atomic E-state index is -0.922. The molecule has 0 spiro atoms. The number of rotatable bonds is 3. The zero-order chi connectivity index (χ0) is 14.1. The first-order valence-corrected chi connectivity index (χ1v) is 8.43. The van der Waals surface area contributed by atoms with Gasteiger partial charge in [0.1, 0.15) is 5.92 Å². The van der Waals surface area contributed by atoms with E-state index in [2.05, 4.69) is 5.32 Å². The van der Waals surface area contributed by atoms with Crippen molar-refractivity contribution in [1.82, 2.24) is 5.32 Å². The summed E-state index contributed by atoms with van der Waals surface area (Å²) in [6.45, 7) is 0.432. The molecule has 2 unspecified atom stereocenters. The zero-order valence-corrected chi connectivity index (χ0v) is 12.4. The smallest absolute Gasteiger partial charge is 0.311 e. The van der Waals surface area contributed by atoms with Crippen molar-refractivity contribution in [2.24, 2.45) is 5.92 Å². The number of nitrogens with one attached hydrogen (secondary N) is 1. The number of hydrogen-bond acceptors (Lipinski definition) is 5. The van der Waals surface area contributed by atoms with Crippen molar-refractivity contribution in [3.8, 4) is 0 Å². The molecule has 3 heterocycles. The molecule has 2 aliphatic heterocycles. The van der Waals surface area contributed by atoms with Gasteiger partial charge in [-0.2, -0.15) is 11.8 Å². The number of hydrogen-bond donors (Lipinski definition) is 2. The quantitative estimate of drug-likeness (QED) is 0.881. The van der Waals surface area contributed by atoms with Crippen molar-refractivity contribution >= 4 is 35.0 Å². The van der Waals surface area contributed by atoms with E-state index in [4.69, 9.17) is 9.84 Å². The number of carboxylic acid groups (broad SMARTS) is 1. The topological polar surface area (TPSA) is 75.6 Å². The van der Waals surface area contributed by atoms with E-state index >= 15 is 0 Å². The molecule has 1 aromatic rings. The molecule has 7 heteroatoms. The van der Waals surface area contributed by atoms with Gasteiger partial charge < -0.3 is 15.2 Å². The first-order valence-electron chi connectivity index (χ1n) is 6.46. The summed E-state index contributed by atoms with van der Waals surface area (Å²) in [6.07, 6.45) is 1.02. The number of thiophene rings is 1. The number of carbonyl (C=O) groups is 2. The van der Waals surface area contributed by atoms with Crippen LogP contribution in [0.15, 0.2) is 6.07 Å². The van der Waals surface area contributed by atoms with Crippen LogP contribution in [0.1, 0.15) is 20.1 Å². The highest BCUT2D eigenvalue weighted by Crippen LogP contribution is 2.31. The molecule has 108 valence electrons. The molecule has 0 aromatic carbocycles. The summed E-state index contributed by atoms with van der Waals surface area (Å²) in [5.41, 5.74) is 1.24. The SMILES string of the molecule is O=C(NC1COCC1C(=O)O)c1cc2c(s1)CCSC2. The van der Waals surface area contributed by atoms with Crippen LogP contribution in [0.25, 0.3) is 0 Å². The average Bonchev–Trinajstić information content (AvgIpc) is 3.03. The van der Waals surface area contributed by atoms with Gasteiger partial charge in [-0.1, -0.05) is 0 Å². The molecule has 1 saturated heterocycles. The fourth-order valence-electron chi connectivity index (χ4n) is 2.44. The van der Waals surface area contributed by atoms with E-state index in [9.17, 15) is 9.59 Å². The minimum Gasteiger partial charge on any atom is -0.481 e. The molecule has 0 radical (unpaired) electrons. The zero-order valence-electron chi connectivity index (χ0n) is 10.8. The lowest BCUT2D eigenvalue weighted by Gasteiger charge is -2.14. The second kappa shape index (κ2) is 5.75. The molecule has 2 N–H and O–H groups in total. The molecular formula is C13H15NO4S2. The molecule has 1 aromatic heterocycles. The molecule has 2 atom stereocenters. The van der Waals surface area contributed by atoms with Gasteiger partial charge in [0, 0.05) is 10.6 Å². The van der Waals surface area contributed by atoms with E-state index in [1.807, 2.05) is 17.8 Å². The first-order chi connectivity index (χ1) is 9.65. The van der Waals surface area contributed by atoms with Gasteiger partial charge in [0.15, 0.2) is 0 Å². The summed E-state index contributed by atoms with van der Waals surface area (Å²) >= 11 is 3.40. The van der Waals surface area contributed by atoms with Crippen molar-refractivity contribution in [3.63, 3.8) is 0 Å². The van der Waals surface area contributed by atoms with Crippen LogP contribution in [-0.4, -0.2) is 42.0 Å².